The Hall–Kier alpha value is -0.980. The predicted molar refractivity (Wildman–Crippen MR) is 86.5 cm³/mol. The maximum Gasteiger partial charge on any atom is 0.391 e. The lowest BCUT2D eigenvalue weighted by Gasteiger charge is -2.32. The van der Waals surface area contributed by atoms with Crippen LogP contribution in [0, 0.1) is 11.8 Å². The van der Waals surface area contributed by atoms with Crippen LogP contribution in [0.3, 0.4) is 0 Å². The van der Waals surface area contributed by atoms with E-state index in [9.17, 15) is 13.2 Å². The number of halogens is 3. The molecular weight excluding hydrogens is 305 g/mol. The van der Waals surface area contributed by atoms with Gasteiger partial charge in [-0.1, -0.05) is 0 Å². The average molecular weight is 334 g/mol. The molecule has 1 unspecified atom stereocenters. The van der Waals surface area contributed by atoms with E-state index >= 15 is 0 Å². The Bertz CT molecular complexity index is 389. The van der Waals surface area contributed by atoms with E-state index in [1.807, 2.05) is 0 Å². The number of guanidine groups is 1. The Labute approximate surface area is 136 Å². The van der Waals surface area contributed by atoms with Gasteiger partial charge in [0.2, 0.25) is 0 Å². The van der Waals surface area contributed by atoms with Gasteiger partial charge >= 0.3 is 6.18 Å². The molecule has 2 N–H and O–H groups in total. The number of nitrogens with zero attached hydrogens (tertiary/aromatic N) is 2. The van der Waals surface area contributed by atoms with Gasteiger partial charge in [0.15, 0.2) is 5.96 Å². The largest absolute Gasteiger partial charge is 0.391 e. The van der Waals surface area contributed by atoms with E-state index in [1.54, 1.807) is 7.05 Å². The molecule has 1 aliphatic heterocycles. The maximum atomic E-state index is 12.7. The van der Waals surface area contributed by atoms with Gasteiger partial charge in [0.25, 0.3) is 0 Å². The fourth-order valence-electron chi connectivity index (χ4n) is 3.63. The van der Waals surface area contributed by atoms with Crippen molar-refractivity contribution < 1.29 is 13.2 Å². The molecule has 1 saturated carbocycles. The molecule has 7 heteroatoms. The molecule has 1 heterocycles. The first-order valence-electron chi connectivity index (χ1n) is 8.61. The fraction of sp³-hybridized carbons (Fsp3) is 0.938. The lowest BCUT2D eigenvalue weighted by atomic mass is 9.85. The number of rotatable bonds is 3. The minimum absolute atomic E-state index is 0.0915. The van der Waals surface area contributed by atoms with Gasteiger partial charge in [-0.25, -0.2) is 0 Å². The van der Waals surface area contributed by atoms with Crippen molar-refractivity contribution in [3.8, 4) is 0 Å². The van der Waals surface area contributed by atoms with Gasteiger partial charge in [-0.05, 0) is 58.0 Å². The average Bonchev–Trinajstić information content (AvgIpc) is 2.51. The van der Waals surface area contributed by atoms with E-state index < -0.39 is 12.1 Å². The lowest BCUT2D eigenvalue weighted by molar-refractivity contribution is -0.182. The molecule has 0 amide bonds. The first kappa shape index (κ1) is 18.4. The topological polar surface area (TPSA) is 39.7 Å². The number of alkyl halides is 3. The van der Waals surface area contributed by atoms with Gasteiger partial charge in [0, 0.05) is 26.2 Å². The van der Waals surface area contributed by atoms with Gasteiger partial charge in [-0.2, -0.15) is 13.2 Å². The van der Waals surface area contributed by atoms with Crippen LogP contribution in [0.1, 0.15) is 38.5 Å². The zero-order valence-electron chi connectivity index (χ0n) is 14.1. The second-order valence-electron chi connectivity index (χ2n) is 6.96. The number of aliphatic imine (C=N–C) groups is 1. The van der Waals surface area contributed by atoms with Crippen molar-refractivity contribution in [2.24, 2.45) is 16.8 Å². The molecule has 134 valence electrons. The number of piperidine rings is 1. The lowest BCUT2D eigenvalue weighted by Crippen LogP contribution is -2.48. The van der Waals surface area contributed by atoms with Crippen LogP contribution in [0.5, 0.6) is 0 Å². The minimum atomic E-state index is -4.04. The summed E-state index contributed by atoms with van der Waals surface area (Å²) in [6.07, 6.45) is -0.0789. The van der Waals surface area contributed by atoms with Crippen LogP contribution in [0.4, 0.5) is 13.2 Å². The quantitative estimate of drug-likeness (QED) is 0.616. The molecule has 4 nitrogen and oxygen atoms in total. The summed E-state index contributed by atoms with van der Waals surface area (Å²) in [5, 5.41) is 6.62. The van der Waals surface area contributed by atoms with Crippen molar-refractivity contribution in [2.75, 3.05) is 33.7 Å². The second-order valence-corrected chi connectivity index (χ2v) is 6.96. The van der Waals surface area contributed by atoms with Crippen LogP contribution in [0.25, 0.3) is 0 Å². The SMILES string of the molecule is CN=C(NCC1CCCN(C)C1)NC1CCC(C(F)(F)F)CC1. The molecule has 0 aromatic rings. The standard InChI is InChI=1S/C16H29F3N4/c1-20-15(21-10-12-4-3-9-23(2)11-12)22-14-7-5-13(6-8-14)16(17,18)19/h12-14H,3-11H2,1-2H3,(H2,20,21,22). The van der Waals surface area contributed by atoms with E-state index in [-0.39, 0.29) is 18.9 Å². The van der Waals surface area contributed by atoms with E-state index in [0.29, 0.717) is 24.7 Å². The van der Waals surface area contributed by atoms with Gasteiger partial charge < -0.3 is 15.5 Å². The van der Waals surface area contributed by atoms with Crippen molar-refractivity contribution in [1.82, 2.24) is 15.5 Å². The van der Waals surface area contributed by atoms with Crippen molar-refractivity contribution >= 4 is 5.96 Å². The fourth-order valence-corrected chi connectivity index (χ4v) is 3.63. The van der Waals surface area contributed by atoms with Crippen molar-refractivity contribution in [2.45, 2.75) is 50.7 Å². The third-order valence-corrected chi connectivity index (χ3v) is 5.03. The highest BCUT2D eigenvalue weighted by atomic mass is 19.4. The number of hydrogen-bond acceptors (Lipinski definition) is 2. The van der Waals surface area contributed by atoms with E-state index in [1.165, 1.54) is 12.8 Å². The summed E-state index contributed by atoms with van der Waals surface area (Å²) in [6, 6.07) is 0.0915. The molecule has 2 aliphatic rings. The monoisotopic (exact) mass is 334 g/mol. The van der Waals surface area contributed by atoms with Crippen LogP contribution in [-0.4, -0.2) is 56.8 Å². The summed E-state index contributed by atoms with van der Waals surface area (Å²) in [4.78, 5) is 6.55. The number of hydrogen-bond donors (Lipinski definition) is 2. The summed E-state index contributed by atoms with van der Waals surface area (Å²) in [7, 11) is 3.85. The summed E-state index contributed by atoms with van der Waals surface area (Å²) in [5.41, 5.74) is 0. The van der Waals surface area contributed by atoms with E-state index in [2.05, 4.69) is 27.6 Å². The molecule has 1 saturated heterocycles. The summed E-state index contributed by atoms with van der Waals surface area (Å²) in [5.74, 6) is 0.190. The molecule has 23 heavy (non-hydrogen) atoms. The first-order chi connectivity index (χ1) is 10.9. The molecule has 2 rings (SSSR count). The van der Waals surface area contributed by atoms with Gasteiger partial charge in [-0.15, -0.1) is 0 Å². The Morgan fingerprint density at radius 1 is 1.17 bits per heavy atom. The first-order valence-corrected chi connectivity index (χ1v) is 8.61. The summed E-state index contributed by atoms with van der Waals surface area (Å²) >= 11 is 0. The smallest absolute Gasteiger partial charge is 0.356 e. The third kappa shape index (κ3) is 5.86. The van der Waals surface area contributed by atoms with Gasteiger partial charge in [0.1, 0.15) is 0 Å². The molecule has 1 atom stereocenters. The van der Waals surface area contributed by atoms with Crippen LogP contribution < -0.4 is 10.6 Å². The Morgan fingerprint density at radius 3 is 2.43 bits per heavy atom. The number of nitrogens with one attached hydrogen (secondary N) is 2. The van der Waals surface area contributed by atoms with Crippen LogP contribution in [0.2, 0.25) is 0 Å². The predicted octanol–water partition coefficient (Wildman–Crippen LogP) is 2.61. The molecule has 0 spiro atoms. The maximum absolute atomic E-state index is 12.7. The van der Waals surface area contributed by atoms with Crippen LogP contribution >= 0.6 is 0 Å². The number of likely N-dealkylation sites (tertiary alicyclic amines) is 1. The highest BCUT2D eigenvalue weighted by Crippen LogP contribution is 2.37. The van der Waals surface area contributed by atoms with E-state index in [4.69, 9.17) is 0 Å². The molecule has 0 radical (unpaired) electrons. The molecular formula is C16H29F3N4. The Morgan fingerprint density at radius 2 is 1.87 bits per heavy atom. The summed E-state index contributed by atoms with van der Waals surface area (Å²) < 4.78 is 38.1. The van der Waals surface area contributed by atoms with Crippen molar-refractivity contribution in [3.63, 3.8) is 0 Å². The Kier molecular flexibility index (Phi) is 6.56. The van der Waals surface area contributed by atoms with E-state index in [0.717, 1.165) is 19.6 Å². The normalized spacial score (nSPS) is 31.0. The molecule has 1 aliphatic carbocycles. The minimum Gasteiger partial charge on any atom is -0.356 e. The molecule has 2 fully saturated rings. The molecule has 0 aromatic carbocycles. The molecule has 0 aromatic heterocycles. The molecule has 0 bridgehead atoms. The van der Waals surface area contributed by atoms with Crippen molar-refractivity contribution in [1.29, 1.82) is 0 Å². The van der Waals surface area contributed by atoms with Crippen LogP contribution in [0.15, 0.2) is 4.99 Å². The highest BCUT2D eigenvalue weighted by Gasteiger charge is 2.41. The van der Waals surface area contributed by atoms with Gasteiger partial charge in [-0.3, -0.25) is 4.99 Å². The zero-order chi connectivity index (χ0) is 16.9. The highest BCUT2D eigenvalue weighted by molar-refractivity contribution is 5.79. The van der Waals surface area contributed by atoms with Crippen LogP contribution in [-0.2, 0) is 0 Å². The second kappa shape index (κ2) is 8.22. The Balaban J connectivity index is 1.71. The van der Waals surface area contributed by atoms with Crippen molar-refractivity contribution in [3.05, 3.63) is 0 Å². The zero-order valence-corrected chi connectivity index (χ0v) is 14.1. The third-order valence-electron chi connectivity index (χ3n) is 5.03. The van der Waals surface area contributed by atoms with Gasteiger partial charge in [0.05, 0.1) is 5.92 Å². The summed E-state index contributed by atoms with van der Waals surface area (Å²) in [6.45, 7) is 3.11.